The summed E-state index contributed by atoms with van der Waals surface area (Å²) in [5.74, 6) is -7.22. The highest BCUT2D eigenvalue weighted by molar-refractivity contribution is 5.94. The Balaban J connectivity index is 1.33. The number of benzene rings is 3. The lowest BCUT2D eigenvalue weighted by atomic mass is 9.44. The van der Waals surface area contributed by atoms with Crippen LogP contribution in [0.15, 0.2) is 102 Å². The summed E-state index contributed by atoms with van der Waals surface area (Å²) in [4.78, 5) is 101. The zero-order chi connectivity index (χ0) is 55.7. The van der Waals surface area contributed by atoms with E-state index >= 15 is 9.59 Å². The van der Waals surface area contributed by atoms with Gasteiger partial charge >= 0.3 is 35.9 Å². The number of carbonyl (C=O) groups is 7. The molecular weight excluding hydrogens is 985 g/mol. The third-order valence-corrected chi connectivity index (χ3v) is 15.5. The van der Waals surface area contributed by atoms with E-state index in [9.17, 15) is 39.3 Å². The lowest BCUT2D eigenvalue weighted by molar-refractivity contribution is -0.346. The number of aliphatic hydroxyl groups is 3. The molecule has 0 aromatic heterocycles. The van der Waals surface area contributed by atoms with Gasteiger partial charge in [0.15, 0.2) is 11.4 Å². The number of nitrogens with zero attached hydrogens (tertiary/aromatic N) is 1. The van der Waals surface area contributed by atoms with Gasteiger partial charge in [0.25, 0.3) is 0 Å². The SMILES string of the molecule is CC(=O)O[C@@]12CO[C@@H]1C[C@H](O)[C@@]1(C)C(=O)[C@H](O)C3=C(C)[C@@H](OC(=O)[C@H](OC(=O)[C@H](CCC(=O)OCc4ccccc4)N(C)C)[C@@H](NC(=O)OC(C)(C)C)c4ccccc4)C[C@@](O)([C@@H](OC(=O)c4ccccc4)[C@H]21)C3(C)C. The lowest BCUT2D eigenvalue weighted by Crippen LogP contribution is -2.81. The molecule has 7 rings (SSSR count). The average Bonchev–Trinajstić information content (AvgIpc) is 3.35. The van der Waals surface area contributed by atoms with Gasteiger partial charge in [0.1, 0.15) is 54.3 Å². The Morgan fingerprint density at radius 2 is 1.47 bits per heavy atom. The second-order valence-electron chi connectivity index (χ2n) is 22.2. The number of ketones is 1. The molecule has 4 N–H and O–H groups in total. The smallest absolute Gasteiger partial charge is 0.408 e. The molecule has 3 aromatic rings. The third kappa shape index (κ3) is 11.2. The Labute approximate surface area is 442 Å². The van der Waals surface area contributed by atoms with Crippen LogP contribution in [-0.4, -0.2) is 142 Å². The fourth-order valence-corrected chi connectivity index (χ4v) is 11.5. The zero-order valence-electron chi connectivity index (χ0n) is 44.6. The molecule has 410 valence electrons. The summed E-state index contributed by atoms with van der Waals surface area (Å²) in [5.41, 5.74) is -8.13. The standard InChI is InChI=1S/C57H70N2O17/c1-32-38(29-57(69)48(74-49(65)36-24-18-13-19-25-36)46-55(8,47(64)44(63)42(32)54(57,6)7)39(61)28-40-56(46,31-71-40)75-33(2)60)72-51(67)45(43(35-22-16-12-17-23-35)58-52(68)76-53(3,4)5)73-50(66)37(59(9)10)26-27-41(62)70-30-34-20-14-11-15-21-34/h11-25,37-40,43-46,48,61,63,69H,26-31H2,1-10H3,(H,58,68)/t37-,38-,39-,40+,43-,44+,45+,46-,48-,55+,56-,57+/m0/s1. The number of rotatable bonds is 16. The molecule has 3 aromatic carbocycles. The van der Waals surface area contributed by atoms with Crippen molar-refractivity contribution in [3.63, 3.8) is 0 Å². The van der Waals surface area contributed by atoms with E-state index in [1.165, 1.54) is 44.7 Å². The van der Waals surface area contributed by atoms with Gasteiger partial charge in [0, 0.05) is 31.6 Å². The number of carbonyl (C=O) groups excluding carboxylic acids is 7. The number of ether oxygens (including phenoxy) is 7. The number of fused-ring (bicyclic) bond motifs is 5. The minimum atomic E-state index is -2.47. The van der Waals surface area contributed by atoms with Gasteiger partial charge in [-0.25, -0.2) is 14.4 Å². The minimum absolute atomic E-state index is 0.00583. The number of amides is 1. The van der Waals surface area contributed by atoms with Gasteiger partial charge in [0.2, 0.25) is 6.10 Å². The monoisotopic (exact) mass is 1050 g/mol. The molecule has 0 spiro atoms. The van der Waals surface area contributed by atoms with Crippen LogP contribution in [0.4, 0.5) is 4.79 Å². The maximum absolute atomic E-state index is 15.4. The summed E-state index contributed by atoms with van der Waals surface area (Å²) < 4.78 is 42.0. The van der Waals surface area contributed by atoms with E-state index in [1.807, 2.05) is 6.07 Å². The molecule has 19 heteroatoms. The van der Waals surface area contributed by atoms with Crippen LogP contribution in [0.5, 0.6) is 0 Å². The zero-order valence-corrected chi connectivity index (χ0v) is 44.6. The van der Waals surface area contributed by atoms with Crippen molar-refractivity contribution < 1.29 is 82.0 Å². The number of alkyl carbamates (subject to hydrolysis) is 1. The number of esters is 5. The first kappa shape index (κ1) is 57.2. The van der Waals surface area contributed by atoms with Crippen LogP contribution in [0.1, 0.15) is 109 Å². The highest BCUT2D eigenvalue weighted by Gasteiger charge is 2.78. The van der Waals surface area contributed by atoms with Crippen molar-refractivity contribution in [1.82, 2.24) is 10.2 Å². The second kappa shape index (κ2) is 22.2. The Hall–Kier alpha value is -6.51. The van der Waals surface area contributed by atoms with Crippen LogP contribution in [0.3, 0.4) is 0 Å². The van der Waals surface area contributed by atoms with Gasteiger partial charge in [-0.2, -0.15) is 0 Å². The van der Waals surface area contributed by atoms with E-state index in [4.69, 9.17) is 33.2 Å². The molecule has 2 saturated carbocycles. The molecule has 1 aliphatic heterocycles. The summed E-state index contributed by atoms with van der Waals surface area (Å²) in [6.07, 6.45) is -12.5. The molecule has 0 radical (unpaired) electrons. The van der Waals surface area contributed by atoms with Gasteiger partial charge in [0.05, 0.1) is 29.6 Å². The van der Waals surface area contributed by atoms with Crippen LogP contribution >= 0.6 is 0 Å². The van der Waals surface area contributed by atoms with Crippen molar-refractivity contribution in [3.8, 4) is 0 Å². The molecule has 19 nitrogen and oxygen atoms in total. The first-order chi connectivity index (χ1) is 35.7. The second-order valence-corrected chi connectivity index (χ2v) is 22.2. The van der Waals surface area contributed by atoms with E-state index in [1.54, 1.807) is 108 Å². The number of likely N-dealkylation sites (N-methyl/N-ethyl adjacent to an activating group) is 1. The highest BCUT2D eigenvalue weighted by atomic mass is 16.6. The summed E-state index contributed by atoms with van der Waals surface area (Å²) in [6, 6.07) is 22.2. The molecule has 0 unspecified atom stereocenters. The van der Waals surface area contributed by atoms with Gasteiger partial charge in [-0.3, -0.25) is 24.1 Å². The van der Waals surface area contributed by atoms with Crippen molar-refractivity contribution >= 4 is 41.7 Å². The Morgan fingerprint density at radius 3 is 2.04 bits per heavy atom. The first-order valence-electron chi connectivity index (χ1n) is 25.4. The predicted molar refractivity (Wildman–Crippen MR) is 270 cm³/mol. The molecule has 1 heterocycles. The van der Waals surface area contributed by atoms with Crippen LogP contribution in [-0.2, 0) is 63.7 Å². The first-order valence-corrected chi connectivity index (χ1v) is 25.4. The van der Waals surface area contributed by atoms with Gasteiger partial charge in [-0.05, 0) is 89.5 Å². The quantitative estimate of drug-likeness (QED) is 0.0810. The minimum Gasteiger partial charge on any atom is -0.461 e. The average molecular weight is 1060 g/mol. The van der Waals surface area contributed by atoms with E-state index in [2.05, 4.69) is 5.32 Å². The van der Waals surface area contributed by atoms with Crippen molar-refractivity contribution in [2.75, 3.05) is 20.7 Å². The number of nitrogens with one attached hydrogen (secondary N) is 1. The van der Waals surface area contributed by atoms with Gasteiger partial charge < -0.3 is 53.8 Å². The van der Waals surface area contributed by atoms with E-state index in [0.717, 1.165) is 12.5 Å². The summed E-state index contributed by atoms with van der Waals surface area (Å²) in [5, 5.41) is 41.1. The van der Waals surface area contributed by atoms with Crippen LogP contribution in [0.2, 0.25) is 0 Å². The number of hydrogen-bond acceptors (Lipinski definition) is 18. The topological polar surface area (TPSA) is 260 Å². The van der Waals surface area contributed by atoms with Gasteiger partial charge in [-0.15, -0.1) is 0 Å². The lowest BCUT2D eigenvalue weighted by Gasteiger charge is -2.67. The Morgan fingerprint density at radius 1 is 0.868 bits per heavy atom. The fraction of sp³-hybridized carbons (Fsp3) is 0.526. The van der Waals surface area contributed by atoms with Crippen LogP contribution in [0, 0.1) is 16.7 Å². The van der Waals surface area contributed by atoms with Crippen LogP contribution < -0.4 is 5.32 Å². The van der Waals surface area contributed by atoms with Gasteiger partial charge in [-0.1, -0.05) is 92.7 Å². The van der Waals surface area contributed by atoms with Crippen molar-refractivity contribution in [1.29, 1.82) is 0 Å². The molecule has 76 heavy (non-hydrogen) atoms. The van der Waals surface area contributed by atoms with Crippen molar-refractivity contribution in [2.45, 2.75) is 153 Å². The number of aliphatic hydroxyl groups excluding tert-OH is 2. The molecular formula is C57H70N2O17. The summed E-state index contributed by atoms with van der Waals surface area (Å²) in [6.45, 7) is 11.6. The Kier molecular flexibility index (Phi) is 16.7. The van der Waals surface area contributed by atoms with Crippen molar-refractivity contribution in [3.05, 3.63) is 119 Å². The highest BCUT2D eigenvalue weighted by Crippen LogP contribution is 2.64. The predicted octanol–water partition coefficient (Wildman–Crippen LogP) is 5.26. The van der Waals surface area contributed by atoms with E-state index < -0.39 is 130 Å². The fourth-order valence-electron chi connectivity index (χ4n) is 11.5. The summed E-state index contributed by atoms with van der Waals surface area (Å²) >= 11 is 0. The largest absolute Gasteiger partial charge is 0.461 e. The normalized spacial score (nSPS) is 28.8. The molecule has 12 atom stereocenters. The number of Topliss-reactive ketones (excluding diaryl/α,β-unsaturated/α-hetero) is 1. The Bertz CT molecular complexity index is 2690. The van der Waals surface area contributed by atoms with E-state index in [-0.39, 0.29) is 54.7 Å². The van der Waals surface area contributed by atoms with Crippen LogP contribution in [0.25, 0.3) is 0 Å². The molecule has 3 aliphatic carbocycles. The van der Waals surface area contributed by atoms with E-state index in [0.29, 0.717) is 0 Å². The molecule has 1 amide bonds. The summed E-state index contributed by atoms with van der Waals surface area (Å²) in [7, 11) is 3.14. The molecule has 4 aliphatic rings. The number of hydrogen-bond donors (Lipinski definition) is 4. The third-order valence-electron chi connectivity index (χ3n) is 15.5. The maximum Gasteiger partial charge on any atom is 0.408 e. The molecule has 2 bridgehead atoms. The maximum atomic E-state index is 15.4. The molecule has 1 saturated heterocycles. The van der Waals surface area contributed by atoms with Crippen molar-refractivity contribution in [2.24, 2.45) is 16.7 Å². The molecule has 3 fully saturated rings.